The second kappa shape index (κ2) is 6.21. The molecule has 2 rings (SSSR count). The van der Waals surface area contributed by atoms with Gasteiger partial charge in [-0.05, 0) is 33.6 Å². The summed E-state index contributed by atoms with van der Waals surface area (Å²) in [6, 6.07) is 17.7. The molecule has 0 aliphatic rings. The lowest BCUT2D eigenvalue weighted by Gasteiger charge is -2.11. The van der Waals surface area contributed by atoms with Crippen molar-refractivity contribution in [2.75, 3.05) is 5.75 Å². The zero-order chi connectivity index (χ0) is 14.6. The monoisotopic (exact) mass is 349 g/mol. The van der Waals surface area contributed by atoms with Crippen LogP contribution in [0.1, 0.15) is 11.5 Å². The molecule has 0 radical (unpaired) electrons. The van der Waals surface area contributed by atoms with E-state index < -0.39 is 15.8 Å². The van der Waals surface area contributed by atoms with Gasteiger partial charge in [0.2, 0.25) is 0 Å². The average Bonchev–Trinajstić information content (AvgIpc) is 2.46. The number of nitrogens with zero attached hydrogens (tertiary/aromatic N) is 1. The summed E-state index contributed by atoms with van der Waals surface area (Å²) >= 11 is 3.24. The molecule has 1 atom stereocenters. The molecule has 0 aromatic heterocycles. The van der Waals surface area contributed by atoms with Crippen LogP contribution in [0, 0.1) is 11.3 Å². The maximum Gasteiger partial charge on any atom is 0.181 e. The molecule has 20 heavy (non-hydrogen) atoms. The van der Waals surface area contributed by atoms with E-state index in [1.165, 1.54) is 0 Å². The van der Waals surface area contributed by atoms with Crippen molar-refractivity contribution >= 4 is 25.8 Å². The zero-order valence-electron chi connectivity index (χ0n) is 10.5. The van der Waals surface area contributed by atoms with Gasteiger partial charge in [0.05, 0.1) is 22.6 Å². The minimum Gasteiger partial charge on any atom is -0.224 e. The molecule has 0 saturated carbocycles. The molecule has 0 aliphatic carbocycles. The fourth-order valence-corrected chi connectivity index (χ4v) is 4.46. The molecule has 0 aliphatic heterocycles. The molecule has 5 heteroatoms. The Hall–Kier alpha value is -1.64. The molecule has 0 fully saturated rings. The third-order valence-corrected chi connectivity index (χ3v) is 5.67. The van der Waals surface area contributed by atoms with Crippen molar-refractivity contribution in [3.63, 3.8) is 0 Å². The van der Waals surface area contributed by atoms with Gasteiger partial charge >= 0.3 is 0 Å². The number of nitriles is 1. The van der Waals surface area contributed by atoms with Crippen molar-refractivity contribution in [2.45, 2.75) is 10.8 Å². The Morgan fingerprint density at radius 2 is 1.65 bits per heavy atom. The summed E-state index contributed by atoms with van der Waals surface area (Å²) in [4.78, 5) is 0.219. The quantitative estimate of drug-likeness (QED) is 0.848. The van der Waals surface area contributed by atoms with Crippen LogP contribution >= 0.6 is 15.9 Å². The first-order valence-corrected chi connectivity index (χ1v) is 8.41. The van der Waals surface area contributed by atoms with E-state index in [-0.39, 0.29) is 10.6 Å². The standard InChI is InChI=1S/C15H12BrNO2S/c16-14-8-4-5-9-15(14)20(18,19)11-13(10-17)12-6-2-1-3-7-12/h1-9,13H,11H2. The van der Waals surface area contributed by atoms with Crippen molar-refractivity contribution in [2.24, 2.45) is 0 Å². The molecule has 102 valence electrons. The average molecular weight is 350 g/mol. The summed E-state index contributed by atoms with van der Waals surface area (Å²) in [5.74, 6) is -0.899. The molecule has 1 unspecified atom stereocenters. The highest BCUT2D eigenvalue weighted by molar-refractivity contribution is 9.10. The SMILES string of the molecule is N#CC(CS(=O)(=O)c1ccccc1Br)c1ccccc1. The predicted molar refractivity (Wildman–Crippen MR) is 81.0 cm³/mol. The van der Waals surface area contributed by atoms with Crippen LogP contribution in [-0.2, 0) is 9.84 Å². The van der Waals surface area contributed by atoms with E-state index in [4.69, 9.17) is 0 Å². The topological polar surface area (TPSA) is 57.9 Å². The van der Waals surface area contributed by atoms with Crippen LogP contribution in [0.3, 0.4) is 0 Å². The van der Waals surface area contributed by atoms with Gasteiger partial charge in [0.1, 0.15) is 0 Å². The van der Waals surface area contributed by atoms with Crippen molar-refractivity contribution < 1.29 is 8.42 Å². The van der Waals surface area contributed by atoms with Crippen LogP contribution < -0.4 is 0 Å². The number of sulfone groups is 1. The molecule has 0 saturated heterocycles. The van der Waals surface area contributed by atoms with E-state index in [1.54, 1.807) is 48.5 Å². The molecule has 0 bridgehead atoms. The van der Waals surface area contributed by atoms with Crippen molar-refractivity contribution in [1.82, 2.24) is 0 Å². The summed E-state index contributed by atoms with van der Waals surface area (Å²) < 4.78 is 25.3. The Morgan fingerprint density at radius 1 is 1.05 bits per heavy atom. The van der Waals surface area contributed by atoms with E-state index in [0.717, 1.165) is 0 Å². The van der Waals surface area contributed by atoms with Gasteiger partial charge in [-0.25, -0.2) is 8.42 Å². The molecule has 0 N–H and O–H groups in total. The zero-order valence-corrected chi connectivity index (χ0v) is 12.9. The van der Waals surface area contributed by atoms with Crippen LogP contribution in [0.25, 0.3) is 0 Å². The van der Waals surface area contributed by atoms with Gasteiger partial charge in [0.15, 0.2) is 9.84 Å². The summed E-state index contributed by atoms with van der Waals surface area (Å²) in [5.41, 5.74) is 0.714. The molecule has 2 aromatic rings. The fourth-order valence-electron chi connectivity index (χ4n) is 1.90. The third kappa shape index (κ3) is 3.27. The smallest absolute Gasteiger partial charge is 0.181 e. The van der Waals surface area contributed by atoms with Crippen molar-refractivity contribution in [3.05, 3.63) is 64.6 Å². The van der Waals surface area contributed by atoms with Crippen molar-refractivity contribution in [3.8, 4) is 6.07 Å². The van der Waals surface area contributed by atoms with E-state index in [0.29, 0.717) is 10.0 Å². The Balaban J connectivity index is 2.33. The minimum atomic E-state index is -3.52. The highest BCUT2D eigenvalue weighted by atomic mass is 79.9. The van der Waals surface area contributed by atoms with Gasteiger partial charge < -0.3 is 0 Å². The van der Waals surface area contributed by atoms with Gasteiger partial charge in [-0.3, -0.25) is 0 Å². The summed E-state index contributed by atoms with van der Waals surface area (Å²) in [5, 5.41) is 9.23. The minimum absolute atomic E-state index is 0.219. The number of hydrogen-bond acceptors (Lipinski definition) is 3. The van der Waals surface area contributed by atoms with Gasteiger partial charge in [-0.1, -0.05) is 42.5 Å². The summed E-state index contributed by atoms with van der Waals surface area (Å²) in [6.07, 6.45) is 0. The number of benzene rings is 2. The van der Waals surface area contributed by atoms with E-state index in [2.05, 4.69) is 22.0 Å². The molecular formula is C15H12BrNO2S. The van der Waals surface area contributed by atoms with E-state index in [1.807, 2.05) is 6.07 Å². The van der Waals surface area contributed by atoms with E-state index in [9.17, 15) is 13.7 Å². The first-order valence-electron chi connectivity index (χ1n) is 5.96. The van der Waals surface area contributed by atoms with Gasteiger partial charge in [0.25, 0.3) is 0 Å². The molecule has 0 amide bonds. The second-order valence-electron chi connectivity index (χ2n) is 4.30. The summed E-state index contributed by atoms with van der Waals surface area (Å²) in [6.45, 7) is 0. The van der Waals surface area contributed by atoms with Gasteiger partial charge in [-0.15, -0.1) is 0 Å². The lowest BCUT2D eigenvalue weighted by atomic mass is 10.0. The van der Waals surface area contributed by atoms with Crippen molar-refractivity contribution in [1.29, 1.82) is 5.26 Å². The van der Waals surface area contributed by atoms with Crippen LogP contribution in [0.5, 0.6) is 0 Å². The second-order valence-corrected chi connectivity index (χ2v) is 7.16. The van der Waals surface area contributed by atoms with Crippen LogP contribution in [-0.4, -0.2) is 14.2 Å². The fraction of sp³-hybridized carbons (Fsp3) is 0.133. The molecule has 2 aromatic carbocycles. The van der Waals surface area contributed by atoms with Crippen LogP contribution in [0.2, 0.25) is 0 Å². The number of hydrogen-bond donors (Lipinski definition) is 0. The third-order valence-electron chi connectivity index (χ3n) is 2.92. The molecule has 0 spiro atoms. The molecular weight excluding hydrogens is 338 g/mol. The Morgan fingerprint density at radius 3 is 2.25 bits per heavy atom. The first kappa shape index (κ1) is 14.8. The molecule has 3 nitrogen and oxygen atoms in total. The van der Waals surface area contributed by atoms with Gasteiger partial charge in [0, 0.05) is 4.47 Å². The maximum atomic E-state index is 12.4. The van der Waals surface area contributed by atoms with Gasteiger partial charge in [-0.2, -0.15) is 5.26 Å². The predicted octanol–water partition coefficient (Wildman–Crippen LogP) is 3.53. The normalized spacial score (nSPS) is 12.6. The van der Waals surface area contributed by atoms with E-state index >= 15 is 0 Å². The summed E-state index contributed by atoms with van der Waals surface area (Å²) in [7, 11) is -3.52. The lowest BCUT2D eigenvalue weighted by Crippen LogP contribution is -2.14. The number of rotatable bonds is 4. The largest absolute Gasteiger partial charge is 0.224 e. The van der Waals surface area contributed by atoms with Crippen LogP contribution in [0.4, 0.5) is 0 Å². The Bertz CT molecular complexity index is 736. The maximum absolute atomic E-state index is 12.4. The van der Waals surface area contributed by atoms with Crippen LogP contribution in [0.15, 0.2) is 64.0 Å². The number of halogens is 1. The lowest BCUT2D eigenvalue weighted by molar-refractivity contribution is 0.593. The highest BCUT2D eigenvalue weighted by Gasteiger charge is 2.24. The Labute approximate surface area is 126 Å². The first-order chi connectivity index (χ1) is 9.54. The molecule has 0 heterocycles. The Kier molecular flexibility index (Phi) is 4.58. The highest BCUT2D eigenvalue weighted by Crippen LogP contribution is 2.26.